The Hall–Kier alpha value is -1.17. The number of nitrogens with one attached hydrogen (secondary N) is 1. The first-order valence-electron chi connectivity index (χ1n) is 6.80. The fourth-order valence-electron chi connectivity index (χ4n) is 1.94. The standard InChI is InChI=1S/C16H20IN3/c1-5-18-15-12(17)13(16(2,3)4)19-14(20-15)11-9-7-6-8-10-11/h6-10H,5H2,1-4H3,(H,18,19,20). The van der Waals surface area contributed by atoms with Gasteiger partial charge in [0.25, 0.3) is 0 Å². The summed E-state index contributed by atoms with van der Waals surface area (Å²) in [6.45, 7) is 9.48. The molecule has 1 aromatic heterocycles. The predicted molar refractivity (Wildman–Crippen MR) is 93.0 cm³/mol. The monoisotopic (exact) mass is 381 g/mol. The van der Waals surface area contributed by atoms with Crippen molar-refractivity contribution in [3.8, 4) is 11.4 Å². The maximum absolute atomic E-state index is 4.80. The minimum atomic E-state index is -0.00678. The highest BCUT2D eigenvalue weighted by Gasteiger charge is 2.23. The van der Waals surface area contributed by atoms with Gasteiger partial charge < -0.3 is 5.32 Å². The van der Waals surface area contributed by atoms with Gasteiger partial charge in [0.05, 0.1) is 9.26 Å². The van der Waals surface area contributed by atoms with E-state index in [1.807, 2.05) is 30.3 Å². The molecule has 2 rings (SSSR count). The second-order valence-corrected chi connectivity index (χ2v) is 6.78. The van der Waals surface area contributed by atoms with Crippen LogP contribution in [0.4, 0.5) is 5.82 Å². The molecule has 0 unspecified atom stereocenters. The van der Waals surface area contributed by atoms with Crippen LogP contribution in [0.25, 0.3) is 11.4 Å². The molecule has 0 fully saturated rings. The maximum Gasteiger partial charge on any atom is 0.161 e. The van der Waals surface area contributed by atoms with Crippen LogP contribution < -0.4 is 5.32 Å². The van der Waals surface area contributed by atoms with Crippen molar-refractivity contribution < 1.29 is 0 Å². The molecule has 0 saturated heterocycles. The second kappa shape index (κ2) is 6.08. The SMILES string of the molecule is CCNc1nc(-c2ccccc2)nc(C(C)(C)C)c1I. The molecule has 0 saturated carbocycles. The Morgan fingerprint density at radius 1 is 1.10 bits per heavy atom. The Bertz CT molecular complexity index is 589. The average molecular weight is 381 g/mol. The zero-order valence-corrected chi connectivity index (χ0v) is 14.5. The van der Waals surface area contributed by atoms with Gasteiger partial charge in [0.2, 0.25) is 0 Å². The lowest BCUT2D eigenvalue weighted by Crippen LogP contribution is -2.19. The van der Waals surface area contributed by atoms with Crippen molar-refractivity contribution in [2.45, 2.75) is 33.1 Å². The predicted octanol–water partition coefficient (Wildman–Crippen LogP) is 4.48. The van der Waals surface area contributed by atoms with Gasteiger partial charge in [-0.25, -0.2) is 9.97 Å². The first-order chi connectivity index (χ1) is 9.43. The van der Waals surface area contributed by atoms with Crippen LogP contribution in [-0.2, 0) is 5.41 Å². The first-order valence-corrected chi connectivity index (χ1v) is 7.88. The van der Waals surface area contributed by atoms with Crippen LogP contribution in [-0.4, -0.2) is 16.5 Å². The van der Waals surface area contributed by atoms with Gasteiger partial charge in [-0.1, -0.05) is 51.1 Å². The summed E-state index contributed by atoms with van der Waals surface area (Å²) in [5, 5.41) is 3.34. The smallest absolute Gasteiger partial charge is 0.161 e. The maximum atomic E-state index is 4.80. The Labute approximate surface area is 134 Å². The lowest BCUT2D eigenvalue weighted by molar-refractivity contribution is 0.564. The van der Waals surface area contributed by atoms with E-state index in [0.717, 1.165) is 33.0 Å². The van der Waals surface area contributed by atoms with Crippen molar-refractivity contribution in [3.05, 3.63) is 39.6 Å². The molecule has 20 heavy (non-hydrogen) atoms. The van der Waals surface area contributed by atoms with Gasteiger partial charge in [-0.15, -0.1) is 0 Å². The third kappa shape index (κ3) is 3.29. The summed E-state index contributed by atoms with van der Waals surface area (Å²) in [5.74, 6) is 1.71. The summed E-state index contributed by atoms with van der Waals surface area (Å²) < 4.78 is 1.11. The molecule has 0 radical (unpaired) electrons. The largest absolute Gasteiger partial charge is 0.369 e. The number of hydrogen-bond acceptors (Lipinski definition) is 3. The van der Waals surface area contributed by atoms with E-state index in [1.54, 1.807) is 0 Å². The van der Waals surface area contributed by atoms with Gasteiger partial charge in [0, 0.05) is 17.5 Å². The lowest BCUT2D eigenvalue weighted by atomic mass is 9.91. The molecule has 4 heteroatoms. The molecule has 3 nitrogen and oxygen atoms in total. The molecule has 0 amide bonds. The van der Waals surface area contributed by atoms with Crippen LogP contribution in [0.1, 0.15) is 33.4 Å². The fraction of sp³-hybridized carbons (Fsp3) is 0.375. The molecule has 1 aromatic carbocycles. The van der Waals surface area contributed by atoms with E-state index in [4.69, 9.17) is 4.98 Å². The Balaban J connectivity index is 2.62. The number of rotatable bonds is 3. The molecule has 0 bridgehead atoms. The number of aromatic nitrogens is 2. The topological polar surface area (TPSA) is 37.8 Å². The van der Waals surface area contributed by atoms with Crippen LogP contribution in [0.15, 0.2) is 30.3 Å². The van der Waals surface area contributed by atoms with Gasteiger partial charge in [-0.3, -0.25) is 0 Å². The van der Waals surface area contributed by atoms with Crippen molar-refractivity contribution in [1.29, 1.82) is 0 Å². The van der Waals surface area contributed by atoms with Gasteiger partial charge in [-0.2, -0.15) is 0 Å². The molecular formula is C16H20IN3. The molecule has 106 valence electrons. The number of hydrogen-bond donors (Lipinski definition) is 1. The van der Waals surface area contributed by atoms with E-state index in [2.05, 4.69) is 60.6 Å². The molecule has 0 aliphatic rings. The number of benzene rings is 1. The average Bonchev–Trinajstić information content (AvgIpc) is 2.41. The molecule has 0 aliphatic heterocycles. The minimum absolute atomic E-state index is 0.00678. The zero-order chi connectivity index (χ0) is 14.8. The van der Waals surface area contributed by atoms with Crippen molar-refractivity contribution >= 4 is 28.4 Å². The van der Waals surface area contributed by atoms with Crippen molar-refractivity contribution in [3.63, 3.8) is 0 Å². The highest BCUT2D eigenvalue weighted by atomic mass is 127. The third-order valence-corrected chi connectivity index (χ3v) is 3.96. The highest BCUT2D eigenvalue weighted by molar-refractivity contribution is 14.1. The van der Waals surface area contributed by atoms with Crippen LogP contribution in [0.3, 0.4) is 0 Å². The Morgan fingerprint density at radius 3 is 2.30 bits per heavy atom. The summed E-state index contributed by atoms with van der Waals surface area (Å²) in [6.07, 6.45) is 0. The third-order valence-electron chi connectivity index (χ3n) is 2.94. The summed E-state index contributed by atoms with van der Waals surface area (Å²) in [4.78, 5) is 9.47. The van der Waals surface area contributed by atoms with Crippen LogP contribution in [0.5, 0.6) is 0 Å². The van der Waals surface area contributed by atoms with E-state index < -0.39 is 0 Å². The lowest BCUT2D eigenvalue weighted by Gasteiger charge is -2.22. The zero-order valence-electron chi connectivity index (χ0n) is 12.4. The first kappa shape index (κ1) is 15.2. The molecule has 2 aromatic rings. The normalized spacial score (nSPS) is 11.4. The number of anilines is 1. The van der Waals surface area contributed by atoms with Crippen LogP contribution >= 0.6 is 22.6 Å². The molecule has 1 heterocycles. The van der Waals surface area contributed by atoms with E-state index in [-0.39, 0.29) is 5.41 Å². The Morgan fingerprint density at radius 2 is 1.75 bits per heavy atom. The van der Waals surface area contributed by atoms with Gasteiger partial charge in [0.1, 0.15) is 5.82 Å². The molecule has 1 N–H and O–H groups in total. The minimum Gasteiger partial charge on any atom is -0.369 e. The summed E-state index contributed by atoms with van der Waals surface area (Å²) >= 11 is 2.34. The molecule has 0 spiro atoms. The summed E-state index contributed by atoms with van der Waals surface area (Å²) in [7, 11) is 0. The Kier molecular flexibility index (Phi) is 4.62. The van der Waals surface area contributed by atoms with Gasteiger partial charge in [0.15, 0.2) is 5.82 Å². The summed E-state index contributed by atoms with van der Waals surface area (Å²) in [5.41, 5.74) is 2.13. The molecule has 0 atom stereocenters. The second-order valence-electron chi connectivity index (χ2n) is 5.70. The van der Waals surface area contributed by atoms with E-state index >= 15 is 0 Å². The van der Waals surface area contributed by atoms with Crippen molar-refractivity contribution in [1.82, 2.24) is 9.97 Å². The van der Waals surface area contributed by atoms with Crippen LogP contribution in [0.2, 0.25) is 0 Å². The number of nitrogens with zero attached hydrogens (tertiary/aromatic N) is 2. The van der Waals surface area contributed by atoms with E-state index in [9.17, 15) is 0 Å². The number of halogens is 1. The van der Waals surface area contributed by atoms with Crippen LogP contribution in [0, 0.1) is 3.57 Å². The molecular weight excluding hydrogens is 361 g/mol. The summed E-state index contributed by atoms with van der Waals surface area (Å²) in [6, 6.07) is 10.1. The van der Waals surface area contributed by atoms with E-state index in [1.165, 1.54) is 0 Å². The fourth-order valence-corrected chi connectivity index (χ4v) is 3.19. The highest BCUT2D eigenvalue weighted by Crippen LogP contribution is 2.31. The van der Waals surface area contributed by atoms with Crippen molar-refractivity contribution in [2.24, 2.45) is 0 Å². The van der Waals surface area contributed by atoms with Gasteiger partial charge >= 0.3 is 0 Å². The molecule has 0 aliphatic carbocycles. The van der Waals surface area contributed by atoms with Gasteiger partial charge in [-0.05, 0) is 29.5 Å². The quantitative estimate of drug-likeness (QED) is 0.797. The van der Waals surface area contributed by atoms with Crippen molar-refractivity contribution in [2.75, 3.05) is 11.9 Å². The van der Waals surface area contributed by atoms with E-state index in [0.29, 0.717) is 0 Å².